The molecule has 0 aliphatic carbocycles. The normalized spacial score (nSPS) is 20.6. The van der Waals surface area contributed by atoms with Gasteiger partial charge in [0, 0.05) is 57.4 Å². The molecule has 4 heterocycles. The molecule has 5 rings (SSSR count). The highest BCUT2D eigenvalue weighted by Gasteiger charge is 2.30. The molecule has 2 aromatic rings. The van der Waals surface area contributed by atoms with Gasteiger partial charge in [0.05, 0.1) is 4.90 Å². The van der Waals surface area contributed by atoms with Gasteiger partial charge in [-0.15, -0.1) is 0 Å². The highest BCUT2D eigenvalue weighted by Crippen LogP contribution is 2.26. The van der Waals surface area contributed by atoms with Gasteiger partial charge in [-0.2, -0.15) is 19.3 Å². The second-order valence-electron chi connectivity index (χ2n) is 9.18. The Labute approximate surface area is 206 Å². The van der Waals surface area contributed by atoms with Crippen LogP contribution in [-0.2, 0) is 10.0 Å². The lowest BCUT2D eigenvalue weighted by atomic mass is 10.1. The zero-order valence-electron chi connectivity index (χ0n) is 19.4. The zero-order chi connectivity index (χ0) is 23.5. The van der Waals surface area contributed by atoms with Crippen molar-refractivity contribution in [2.24, 2.45) is 0 Å². The van der Waals surface area contributed by atoms with Gasteiger partial charge in [-0.05, 0) is 62.8 Å². The van der Waals surface area contributed by atoms with Crippen LogP contribution in [0.2, 0.25) is 5.02 Å². The molecule has 3 aliphatic heterocycles. The maximum absolute atomic E-state index is 13.1. The Balaban J connectivity index is 1.35. The van der Waals surface area contributed by atoms with Gasteiger partial charge in [-0.25, -0.2) is 8.42 Å². The van der Waals surface area contributed by atoms with E-state index in [2.05, 4.69) is 14.7 Å². The minimum atomic E-state index is -3.56. The van der Waals surface area contributed by atoms with Crippen molar-refractivity contribution in [3.63, 3.8) is 0 Å². The van der Waals surface area contributed by atoms with Crippen molar-refractivity contribution in [3.05, 3.63) is 29.3 Å². The molecular formula is C23H32ClN7O2S. The summed E-state index contributed by atoms with van der Waals surface area (Å²) in [6, 6.07) is 6.34. The zero-order valence-corrected chi connectivity index (χ0v) is 21.0. The molecule has 3 fully saturated rings. The predicted molar refractivity (Wildman–Crippen MR) is 134 cm³/mol. The van der Waals surface area contributed by atoms with Gasteiger partial charge in [0.1, 0.15) is 0 Å². The van der Waals surface area contributed by atoms with Crippen molar-refractivity contribution in [1.82, 2.24) is 19.3 Å². The molecule has 3 aliphatic rings. The Morgan fingerprint density at radius 1 is 0.588 bits per heavy atom. The van der Waals surface area contributed by atoms with Crippen molar-refractivity contribution in [2.45, 2.75) is 43.4 Å². The monoisotopic (exact) mass is 505 g/mol. The summed E-state index contributed by atoms with van der Waals surface area (Å²) in [5.41, 5.74) is 0. The molecule has 0 saturated carbocycles. The third-order valence-corrected chi connectivity index (χ3v) is 9.02. The highest BCUT2D eigenvalue weighted by molar-refractivity contribution is 7.89. The first kappa shape index (κ1) is 23.6. The van der Waals surface area contributed by atoms with Crippen LogP contribution in [0.3, 0.4) is 0 Å². The molecule has 9 nitrogen and oxygen atoms in total. The van der Waals surface area contributed by atoms with Crippen LogP contribution in [-0.4, -0.2) is 80.0 Å². The fourth-order valence-electron chi connectivity index (χ4n) is 4.84. The van der Waals surface area contributed by atoms with E-state index in [0.29, 0.717) is 37.1 Å². The van der Waals surface area contributed by atoms with E-state index in [1.165, 1.54) is 17.1 Å². The first-order valence-corrected chi connectivity index (χ1v) is 14.1. The second-order valence-corrected chi connectivity index (χ2v) is 11.6. The van der Waals surface area contributed by atoms with E-state index in [0.717, 1.165) is 63.8 Å². The summed E-state index contributed by atoms with van der Waals surface area (Å²) < 4.78 is 27.7. The molecule has 0 atom stereocenters. The number of benzene rings is 1. The smallest absolute Gasteiger partial charge is 0.243 e. The van der Waals surface area contributed by atoms with Crippen molar-refractivity contribution >= 4 is 39.5 Å². The Kier molecular flexibility index (Phi) is 7.08. The Morgan fingerprint density at radius 3 is 1.44 bits per heavy atom. The highest BCUT2D eigenvalue weighted by atomic mass is 35.5. The lowest BCUT2D eigenvalue weighted by Crippen LogP contribution is -2.49. The molecule has 11 heteroatoms. The summed E-state index contributed by atoms with van der Waals surface area (Å²) in [7, 11) is -3.56. The molecular weight excluding hydrogens is 474 g/mol. The average Bonchev–Trinajstić information content (AvgIpc) is 2.90. The van der Waals surface area contributed by atoms with Gasteiger partial charge in [0.2, 0.25) is 27.9 Å². The quantitative estimate of drug-likeness (QED) is 0.613. The van der Waals surface area contributed by atoms with Crippen molar-refractivity contribution in [1.29, 1.82) is 0 Å². The number of sulfonamides is 1. The van der Waals surface area contributed by atoms with E-state index in [1.54, 1.807) is 24.3 Å². The van der Waals surface area contributed by atoms with Gasteiger partial charge in [-0.3, -0.25) is 0 Å². The number of halogens is 1. The van der Waals surface area contributed by atoms with Crippen LogP contribution >= 0.6 is 11.6 Å². The van der Waals surface area contributed by atoms with Crippen molar-refractivity contribution in [3.8, 4) is 0 Å². The minimum absolute atomic E-state index is 0.269. The molecule has 1 aromatic carbocycles. The van der Waals surface area contributed by atoms with E-state index < -0.39 is 10.0 Å². The number of rotatable bonds is 5. The van der Waals surface area contributed by atoms with Crippen LogP contribution in [0.4, 0.5) is 17.8 Å². The number of aromatic nitrogens is 3. The van der Waals surface area contributed by atoms with E-state index in [4.69, 9.17) is 26.6 Å². The average molecular weight is 506 g/mol. The molecule has 0 radical (unpaired) electrons. The standard InChI is InChI=1S/C23H32ClN7O2S/c24-19-7-9-20(10-8-19)34(32,33)31-17-15-30(16-18-31)23-26-21(28-11-3-1-4-12-28)25-22(27-23)29-13-5-2-6-14-29/h7-10H,1-6,11-18H2. The van der Waals surface area contributed by atoms with Gasteiger partial charge >= 0.3 is 0 Å². The molecule has 0 unspecified atom stereocenters. The van der Waals surface area contributed by atoms with E-state index >= 15 is 0 Å². The van der Waals surface area contributed by atoms with E-state index in [-0.39, 0.29) is 4.90 Å². The summed E-state index contributed by atoms with van der Waals surface area (Å²) in [4.78, 5) is 21.5. The number of piperidine rings is 2. The molecule has 0 amide bonds. The topological polar surface area (TPSA) is 85.8 Å². The summed E-state index contributed by atoms with van der Waals surface area (Å²) in [5.74, 6) is 2.16. The lowest BCUT2D eigenvalue weighted by Gasteiger charge is -2.35. The number of piperazine rings is 1. The Bertz CT molecular complexity index is 1040. The van der Waals surface area contributed by atoms with Gasteiger partial charge in [0.25, 0.3) is 0 Å². The number of hydrogen-bond donors (Lipinski definition) is 0. The molecule has 0 N–H and O–H groups in total. The van der Waals surface area contributed by atoms with E-state index in [1.807, 2.05) is 0 Å². The van der Waals surface area contributed by atoms with Crippen LogP contribution in [0.1, 0.15) is 38.5 Å². The lowest BCUT2D eigenvalue weighted by molar-refractivity contribution is 0.382. The Morgan fingerprint density at radius 2 is 1.00 bits per heavy atom. The van der Waals surface area contributed by atoms with Gasteiger partial charge in [0.15, 0.2) is 0 Å². The maximum atomic E-state index is 13.1. The Hall–Kier alpha value is -2.17. The first-order valence-electron chi connectivity index (χ1n) is 12.3. The van der Waals surface area contributed by atoms with Crippen molar-refractivity contribution in [2.75, 3.05) is 67.1 Å². The van der Waals surface area contributed by atoms with Crippen LogP contribution in [0, 0.1) is 0 Å². The van der Waals surface area contributed by atoms with Crippen molar-refractivity contribution < 1.29 is 8.42 Å². The van der Waals surface area contributed by atoms with Crippen LogP contribution in [0.5, 0.6) is 0 Å². The van der Waals surface area contributed by atoms with Crippen LogP contribution in [0.25, 0.3) is 0 Å². The molecule has 3 saturated heterocycles. The third kappa shape index (κ3) is 5.08. The summed E-state index contributed by atoms with van der Waals surface area (Å²) in [6.45, 7) is 5.72. The molecule has 184 valence electrons. The summed E-state index contributed by atoms with van der Waals surface area (Å²) >= 11 is 5.93. The largest absolute Gasteiger partial charge is 0.341 e. The molecule has 0 spiro atoms. The fourth-order valence-corrected chi connectivity index (χ4v) is 6.39. The van der Waals surface area contributed by atoms with Gasteiger partial charge < -0.3 is 14.7 Å². The third-order valence-electron chi connectivity index (χ3n) is 6.85. The fraction of sp³-hybridized carbons (Fsp3) is 0.609. The minimum Gasteiger partial charge on any atom is -0.341 e. The SMILES string of the molecule is O=S(=O)(c1ccc(Cl)cc1)N1CCN(c2nc(N3CCCCC3)nc(N3CCCCC3)n2)CC1. The predicted octanol–water partition coefficient (Wildman–Crippen LogP) is 3.02. The van der Waals surface area contributed by atoms with Gasteiger partial charge in [-0.1, -0.05) is 11.6 Å². The first-order chi connectivity index (χ1) is 16.5. The summed E-state index contributed by atoms with van der Waals surface area (Å²) in [6.07, 6.45) is 7.11. The molecule has 34 heavy (non-hydrogen) atoms. The molecule has 1 aromatic heterocycles. The molecule has 0 bridgehead atoms. The number of hydrogen-bond acceptors (Lipinski definition) is 8. The number of nitrogens with zero attached hydrogens (tertiary/aromatic N) is 7. The van der Waals surface area contributed by atoms with Crippen LogP contribution < -0.4 is 14.7 Å². The van der Waals surface area contributed by atoms with Crippen LogP contribution in [0.15, 0.2) is 29.2 Å². The summed E-state index contributed by atoms with van der Waals surface area (Å²) in [5, 5.41) is 0.521. The maximum Gasteiger partial charge on any atom is 0.243 e. The van der Waals surface area contributed by atoms with E-state index in [9.17, 15) is 8.42 Å². The second kappa shape index (κ2) is 10.2. The number of anilines is 3.